The molecule has 1 heterocycles. The molecular weight excluding hydrogens is 446 g/mol. The van der Waals surface area contributed by atoms with Crippen LogP contribution in [0.4, 0.5) is 5.69 Å². The number of benzene rings is 3. The number of hydrogen-bond donors (Lipinski definition) is 1. The number of carbonyl (C=O) groups excluding carboxylic acids is 2. The molecule has 0 unspecified atom stereocenters. The van der Waals surface area contributed by atoms with Crippen molar-refractivity contribution in [2.24, 2.45) is 0 Å². The summed E-state index contributed by atoms with van der Waals surface area (Å²) in [6.45, 7) is -0.236. The molecule has 0 radical (unpaired) electrons. The van der Waals surface area contributed by atoms with Gasteiger partial charge in [0.1, 0.15) is 5.75 Å². The minimum Gasteiger partial charge on any atom is -0.496 e. The number of halogens is 1. The maximum absolute atomic E-state index is 12.7. The lowest BCUT2D eigenvalue weighted by atomic mass is 10.1. The van der Waals surface area contributed by atoms with E-state index in [1.54, 1.807) is 67.8 Å². The zero-order chi connectivity index (χ0) is 23.2. The minimum absolute atomic E-state index is 0.118. The van der Waals surface area contributed by atoms with Gasteiger partial charge in [0.15, 0.2) is 6.61 Å². The number of hydrogen-bond acceptors (Lipinski definition) is 7. The normalized spacial score (nSPS) is 10.5. The van der Waals surface area contributed by atoms with Crippen LogP contribution in [0, 0.1) is 0 Å². The van der Waals surface area contributed by atoms with Gasteiger partial charge in [0.05, 0.1) is 23.9 Å². The number of nitrogens with one attached hydrogen (secondary N) is 1. The number of methoxy groups -OCH3 is 1. The number of amides is 1. The molecule has 0 saturated heterocycles. The van der Waals surface area contributed by atoms with E-state index in [4.69, 9.17) is 25.6 Å². The monoisotopic (exact) mass is 463 g/mol. The summed E-state index contributed by atoms with van der Waals surface area (Å²) in [6, 6.07) is 20.1. The Morgan fingerprint density at radius 1 is 1.00 bits per heavy atom. The van der Waals surface area contributed by atoms with Gasteiger partial charge in [-0.05, 0) is 48.5 Å². The van der Waals surface area contributed by atoms with Crippen LogP contribution in [0.15, 0.2) is 77.3 Å². The molecular formula is C24H18ClN3O5. The predicted octanol–water partition coefficient (Wildman–Crippen LogP) is 5.01. The molecule has 0 aliphatic rings. The van der Waals surface area contributed by atoms with Crippen molar-refractivity contribution < 1.29 is 23.6 Å². The topological polar surface area (TPSA) is 104 Å². The Morgan fingerprint density at radius 2 is 1.73 bits per heavy atom. The molecule has 4 rings (SSSR count). The highest BCUT2D eigenvalue weighted by Gasteiger charge is 2.18. The Balaban J connectivity index is 1.44. The van der Waals surface area contributed by atoms with Crippen LogP contribution in [-0.4, -0.2) is 29.1 Å². The van der Waals surface area contributed by atoms with Crippen molar-refractivity contribution in [1.29, 1.82) is 0 Å². The lowest BCUT2D eigenvalue weighted by molar-refractivity contribution is 0.0431. The Labute approximate surface area is 194 Å². The minimum atomic E-state index is -0.654. The number of nitrogens with zero attached hydrogens (tertiary/aromatic N) is 2. The number of aromatic nitrogens is 2. The molecule has 33 heavy (non-hydrogen) atoms. The second-order valence-electron chi connectivity index (χ2n) is 6.79. The third kappa shape index (κ3) is 5.19. The first kappa shape index (κ1) is 22.0. The fourth-order valence-electron chi connectivity index (χ4n) is 3.02. The fourth-order valence-corrected chi connectivity index (χ4v) is 3.15. The van der Waals surface area contributed by atoms with Gasteiger partial charge in [-0.2, -0.15) is 4.98 Å². The highest BCUT2D eigenvalue weighted by atomic mass is 35.5. The second kappa shape index (κ2) is 9.97. The summed E-state index contributed by atoms with van der Waals surface area (Å²) in [4.78, 5) is 29.5. The second-order valence-corrected chi connectivity index (χ2v) is 7.23. The number of carbonyl (C=O) groups is 2. The van der Waals surface area contributed by atoms with Gasteiger partial charge in [-0.3, -0.25) is 4.79 Å². The lowest BCUT2D eigenvalue weighted by Gasteiger charge is -2.10. The molecule has 0 bridgehead atoms. The smallest absolute Gasteiger partial charge is 0.340 e. The molecule has 166 valence electrons. The Hall–Kier alpha value is -4.17. The average molecular weight is 464 g/mol. The first-order valence-electron chi connectivity index (χ1n) is 9.84. The van der Waals surface area contributed by atoms with Crippen molar-refractivity contribution in [3.05, 3.63) is 94.8 Å². The summed E-state index contributed by atoms with van der Waals surface area (Å²) in [5, 5.41) is 7.15. The summed E-state index contributed by atoms with van der Waals surface area (Å²) in [7, 11) is 1.55. The van der Waals surface area contributed by atoms with E-state index in [9.17, 15) is 9.59 Å². The van der Waals surface area contributed by atoms with Gasteiger partial charge < -0.3 is 19.3 Å². The first-order valence-corrected chi connectivity index (χ1v) is 10.2. The van der Waals surface area contributed by atoms with E-state index >= 15 is 0 Å². The van der Waals surface area contributed by atoms with Crippen molar-refractivity contribution in [1.82, 2.24) is 10.1 Å². The van der Waals surface area contributed by atoms with Crippen molar-refractivity contribution >= 4 is 29.2 Å². The average Bonchev–Trinajstić information content (AvgIpc) is 3.32. The van der Waals surface area contributed by atoms with Crippen LogP contribution >= 0.6 is 11.6 Å². The molecule has 9 heteroatoms. The number of esters is 1. The fraction of sp³-hybridized carbons (Fsp3) is 0.0833. The van der Waals surface area contributed by atoms with Gasteiger partial charge in [-0.15, -0.1) is 0 Å². The lowest BCUT2D eigenvalue weighted by Crippen LogP contribution is -2.15. The van der Waals surface area contributed by atoms with Crippen LogP contribution in [0.25, 0.3) is 11.4 Å². The van der Waals surface area contributed by atoms with Crippen LogP contribution in [0.2, 0.25) is 5.02 Å². The quantitative estimate of drug-likeness (QED) is 0.384. The molecule has 0 fully saturated rings. The summed E-state index contributed by atoms with van der Waals surface area (Å²) in [5.74, 6) is -0.0161. The summed E-state index contributed by atoms with van der Waals surface area (Å²) < 4.78 is 15.8. The molecule has 0 atom stereocenters. The van der Waals surface area contributed by atoms with Gasteiger partial charge >= 0.3 is 5.97 Å². The third-order valence-corrected chi connectivity index (χ3v) is 4.90. The molecule has 0 aliphatic carbocycles. The number of ether oxygens (including phenoxy) is 2. The number of anilines is 1. The van der Waals surface area contributed by atoms with E-state index in [1.807, 2.05) is 12.1 Å². The zero-order valence-electron chi connectivity index (χ0n) is 17.4. The summed E-state index contributed by atoms with van der Waals surface area (Å²) in [5.41, 5.74) is 1.54. The highest BCUT2D eigenvalue weighted by Crippen LogP contribution is 2.27. The summed E-state index contributed by atoms with van der Waals surface area (Å²) in [6.07, 6.45) is 0. The van der Waals surface area contributed by atoms with E-state index < -0.39 is 5.97 Å². The molecule has 0 spiro atoms. The number of para-hydroxylation sites is 2. The maximum atomic E-state index is 12.7. The molecule has 4 aromatic rings. The van der Waals surface area contributed by atoms with Gasteiger partial charge in [-0.1, -0.05) is 41.0 Å². The molecule has 0 aliphatic heterocycles. The number of rotatable bonds is 7. The van der Waals surface area contributed by atoms with Crippen molar-refractivity contribution in [3.8, 4) is 17.1 Å². The first-order chi connectivity index (χ1) is 16.0. The van der Waals surface area contributed by atoms with E-state index in [1.165, 1.54) is 0 Å². The van der Waals surface area contributed by atoms with E-state index in [0.717, 1.165) is 0 Å². The van der Waals surface area contributed by atoms with Crippen molar-refractivity contribution in [3.63, 3.8) is 0 Å². The zero-order valence-corrected chi connectivity index (χ0v) is 18.2. The molecule has 0 saturated carbocycles. The van der Waals surface area contributed by atoms with E-state index in [-0.39, 0.29) is 24.0 Å². The summed E-state index contributed by atoms with van der Waals surface area (Å²) >= 11 is 5.86. The van der Waals surface area contributed by atoms with E-state index in [0.29, 0.717) is 33.4 Å². The van der Waals surface area contributed by atoms with Crippen LogP contribution in [0.3, 0.4) is 0 Å². The van der Waals surface area contributed by atoms with Gasteiger partial charge in [-0.25, -0.2) is 4.79 Å². The molecule has 1 aromatic heterocycles. The molecule has 3 aromatic carbocycles. The Morgan fingerprint density at radius 3 is 2.52 bits per heavy atom. The van der Waals surface area contributed by atoms with Crippen LogP contribution < -0.4 is 10.1 Å². The molecule has 1 amide bonds. The largest absolute Gasteiger partial charge is 0.496 e. The highest BCUT2D eigenvalue weighted by molar-refractivity contribution is 6.30. The molecule has 8 nitrogen and oxygen atoms in total. The third-order valence-electron chi connectivity index (χ3n) is 4.64. The Bertz CT molecular complexity index is 1290. The Kier molecular flexibility index (Phi) is 6.66. The van der Waals surface area contributed by atoms with Crippen molar-refractivity contribution in [2.75, 3.05) is 12.4 Å². The van der Waals surface area contributed by atoms with Gasteiger partial charge in [0.2, 0.25) is 5.82 Å². The molecule has 1 N–H and O–H groups in total. The van der Waals surface area contributed by atoms with Crippen LogP contribution in [0.5, 0.6) is 5.75 Å². The van der Waals surface area contributed by atoms with E-state index in [2.05, 4.69) is 15.5 Å². The van der Waals surface area contributed by atoms with Gasteiger partial charge in [0, 0.05) is 10.6 Å². The predicted molar refractivity (Wildman–Crippen MR) is 121 cm³/mol. The van der Waals surface area contributed by atoms with Crippen LogP contribution in [0.1, 0.15) is 26.6 Å². The van der Waals surface area contributed by atoms with Crippen molar-refractivity contribution in [2.45, 2.75) is 6.61 Å². The standard InChI is InChI=1S/C24H18ClN3O5/c1-31-20-9-5-3-7-18(20)22-27-21(33-28-22)14-32-24(30)17-6-2-4-8-19(17)26-23(29)15-10-12-16(25)13-11-15/h2-13H,14H2,1H3,(H,26,29). The SMILES string of the molecule is COc1ccccc1-c1noc(COC(=O)c2ccccc2NC(=O)c2ccc(Cl)cc2)n1. The van der Waals surface area contributed by atoms with Crippen LogP contribution in [-0.2, 0) is 11.3 Å². The van der Waals surface area contributed by atoms with Gasteiger partial charge in [0.25, 0.3) is 11.8 Å². The maximum Gasteiger partial charge on any atom is 0.340 e.